The second-order valence-electron chi connectivity index (χ2n) is 5.78. The number of nitrogens with two attached hydrogens (primary N) is 1. The van der Waals surface area contributed by atoms with Gasteiger partial charge in [-0.2, -0.15) is 14.6 Å². The lowest BCUT2D eigenvalue weighted by atomic mass is 10.0. The van der Waals surface area contributed by atoms with Crippen molar-refractivity contribution in [2.45, 2.75) is 25.3 Å². The lowest BCUT2D eigenvalue weighted by Gasteiger charge is -2.21. The number of nitrogen functional groups attached to an aromatic ring is 1. The number of aromatic nitrogens is 5. The van der Waals surface area contributed by atoms with Crippen LogP contribution in [0.25, 0.3) is 11.5 Å². The van der Waals surface area contributed by atoms with E-state index in [0.29, 0.717) is 16.5 Å². The van der Waals surface area contributed by atoms with Crippen LogP contribution in [0.3, 0.4) is 0 Å². The number of fused-ring (bicyclic) bond motifs is 1. The summed E-state index contributed by atoms with van der Waals surface area (Å²) in [6, 6.07) is 3.64. The van der Waals surface area contributed by atoms with E-state index in [4.69, 9.17) is 17.3 Å². The third-order valence-electron chi connectivity index (χ3n) is 4.15. The van der Waals surface area contributed by atoms with Crippen LogP contribution in [0.2, 0.25) is 5.02 Å². The van der Waals surface area contributed by atoms with Crippen LogP contribution >= 0.6 is 11.6 Å². The highest BCUT2D eigenvalue weighted by Crippen LogP contribution is 2.25. The van der Waals surface area contributed by atoms with Crippen molar-refractivity contribution in [2.24, 2.45) is 0 Å². The van der Waals surface area contributed by atoms with Crippen LogP contribution in [-0.4, -0.2) is 30.7 Å². The molecule has 0 bridgehead atoms. The lowest BCUT2D eigenvalue weighted by Crippen LogP contribution is -2.27. The Morgan fingerprint density at radius 1 is 1.38 bits per heavy atom. The molecule has 0 amide bonds. The van der Waals surface area contributed by atoms with Gasteiger partial charge in [-0.15, -0.1) is 0 Å². The average molecular weight is 346 g/mol. The number of hydrogen-bond acceptors (Lipinski definition) is 6. The molecule has 3 aromatic rings. The zero-order valence-corrected chi connectivity index (χ0v) is 13.6. The number of rotatable bonds is 2. The summed E-state index contributed by atoms with van der Waals surface area (Å²) in [5, 5.41) is 8.39. The molecular weight excluding hydrogens is 330 g/mol. The first-order chi connectivity index (χ1) is 11.6. The Kier molecular flexibility index (Phi) is 3.70. The molecule has 4 rings (SSSR count). The second kappa shape index (κ2) is 5.88. The first kappa shape index (κ1) is 15.1. The van der Waals surface area contributed by atoms with Gasteiger partial charge < -0.3 is 11.1 Å². The van der Waals surface area contributed by atoms with Crippen molar-refractivity contribution in [1.82, 2.24) is 29.5 Å². The summed E-state index contributed by atoms with van der Waals surface area (Å²) in [4.78, 5) is 20.2. The van der Waals surface area contributed by atoms with Gasteiger partial charge in [-0.1, -0.05) is 18.0 Å². The molecule has 1 saturated heterocycles. The Balaban J connectivity index is 1.89. The lowest BCUT2D eigenvalue weighted by molar-refractivity contribution is 0.404. The van der Waals surface area contributed by atoms with Crippen molar-refractivity contribution in [2.75, 3.05) is 12.3 Å². The van der Waals surface area contributed by atoms with Gasteiger partial charge >= 0.3 is 5.69 Å². The number of hydrogen-bond donors (Lipinski definition) is 2. The zero-order valence-electron chi connectivity index (χ0n) is 12.8. The average Bonchev–Trinajstić information content (AvgIpc) is 3.01. The van der Waals surface area contributed by atoms with Crippen LogP contribution in [0, 0.1) is 0 Å². The molecule has 1 fully saturated rings. The van der Waals surface area contributed by atoms with E-state index >= 15 is 0 Å². The van der Waals surface area contributed by atoms with Crippen LogP contribution in [0.1, 0.15) is 31.0 Å². The summed E-state index contributed by atoms with van der Waals surface area (Å²) >= 11 is 6.29. The van der Waals surface area contributed by atoms with Gasteiger partial charge in [0.25, 0.3) is 0 Å². The molecule has 1 unspecified atom stereocenters. The van der Waals surface area contributed by atoms with E-state index in [0.717, 1.165) is 25.1 Å². The highest BCUT2D eigenvalue weighted by Gasteiger charge is 2.20. The summed E-state index contributed by atoms with van der Waals surface area (Å²) in [5.41, 5.74) is 6.56. The molecule has 4 heterocycles. The normalized spacial score (nSPS) is 18.1. The summed E-state index contributed by atoms with van der Waals surface area (Å²) in [6.45, 7) is 0.973. The van der Waals surface area contributed by atoms with E-state index in [2.05, 4.69) is 20.4 Å². The summed E-state index contributed by atoms with van der Waals surface area (Å²) in [5.74, 6) is 0.562. The highest BCUT2D eigenvalue weighted by molar-refractivity contribution is 6.32. The molecule has 1 aliphatic heterocycles. The number of nitrogens with one attached hydrogen (secondary N) is 1. The molecule has 1 aliphatic rings. The predicted molar refractivity (Wildman–Crippen MR) is 90.4 cm³/mol. The van der Waals surface area contributed by atoms with E-state index in [9.17, 15) is 4.79 Å². The molecular formula is C15H16ClN7O. The van der Waals surface area contributed by atoms with Gasteiger partial charge in [-0.05, 0) is 25.5 Å². The molecule has 124 valence electrons. The Hall–Kier alpha value is -2.45. The SMILES string of the molecule is Nc1ccn(-c2c(Cl)cnc3cc(C4CCCCN4)nn23)c(=O)n1. The third-order valence-corrected chi connectivity index (χ3v) is 4.42. The number of halogens is 1. The smallest absolute Gasteiger partial charge is 0.355 e. The standard InChI is InChI=1S/C15H16ClN7O/c16-9-8-19-13-7-11(10-3-1-2-5-18-10)21-23(13)14(9)22-6-4-12(17)20-15(22)24/h4,6-8,10,18H,1-3,5H2,(H2,17,20,24). The first-order valence-corrected chi connectivity index (χ1v) is 8.14. The molecule has 0 spiro atoms. The minimum Gasteiger partial charge on any atom is -0.383 e. The van der Waals surface area contributed by atoms with Crippen molar-refractivity contribution < 1.29 is 0 Å². The maximum atomic E-state index is 12.2. The Morgan fingerprint density at radius 2 is 2.25 bits per heavy atom. The van der Waals surface area contributed by atoms with Gasteiger partial charge in [-0.25, -0.2) is 14.3 Å². The molecule has 3 aromatic heterocycles. The number of anilines is 1. The monoisotopic (exact) mass is 345 g/mol. The minimum atomic E-state index is -0.516. The van der Waals surface area contributed by atoms with Gasteiger partial charge in [0.2, 0.25) is 0 Å². The van der Waals surface area contributed by atoms with Crippen LogP contribution < -0.4 is 16.7 Å². The van der Waals surface area contributed by atoms with E-state index in [1.54, 1.807) is 4.52 Å². The van der Waals surface area contributed by atoms with E-state index in [1.165, 1.54) is 29.4 Å². The Bertz CT molecular complexity index is 958. The molecule has 1 atom stereocenters. The second-order valence-corrected chi connectivity index (χ2v) is 6.18. The molecule has 0 radical (unpaired) electrons. The van der Waals surface area contributed by atoms with Gasteiger partial charge in [0.05, 0.1) is 17.9 Å². The number of nitrogens with zero attached hydrogens (tertiary/aromatic N) is 5. The van der Waals surface area contributed by atoms with Gasteiger partial charge in [0.15, 0.2) is 11.5 Å². The first-order valence-electron chi connectivity index (χ1n) is 7.76. The molecule has 0 saturated carbocycles. The maximum absolute atomic E-state index is 12.2. The summed E-state index contributed by atoms with van der Waals surface area (Å²) in [6.07, 6.45) is 6.40. The van der Waals surface area contributed by atoms with Crippen molar-refractivity contribution in [3.8, 4) is 5.82 Å². The largest absolute Gasteiger partial charge is 0.383 e. The van der Waals surface area contributed by atoms with Crippen molar-refractivity contribution >= 4 is 23.1 Å². The summed E-state index contributed by atoms with van der Waals surface area (Å²) < 4.78 is 2.89. The van der Waals surface area contributed by atoms with E-state index < -0.39 is 5.69 Å². The minimum absolute atomic E-state index is 0.158. The van der Waals surface area contributed by atoms with Crippen LogP contribution in [0.5, 0.6) is 0 Å². The zero-order chi connectivity index (χ0) is 16.7. The molecule has 24 heavy (non-hydrogen) atoms. The van der Waals surface area contributed by atoms with Gasteiger partial charge in [-0.3, -0.25) is 0 Å². The fraction of sp³-hybridized carbons (Fsp3) is 0.333. The topological polar surface area (TPSA) is 103 Å². The quantitative estimate of drug-likeness (QED) is 0.726. The van der Waals surface area contributed by atoms with Crippen LogP contribution in [-0.2, 0) is 0 Å². The van der Waals surface area contributed by atoms with Crippen molar-refractivity contribution in [1.29, 1.82) is 0 Å². The Morgan fingerprint density at radius 3 is 3.00 bits per heavy atom. The third kappa shape index (κ3) is 2.53. The van der Waals surface area contributed by atoms with Gasteiger partial charge in [0.1, 0.15) is 10.8 Å². The fourth-order valence-corrected chi connectivity index (χ4v) is 3.21. The molecule has 8 nitrogen and oxygen atoms in total. The maximum Gasteiger partial charge on any atom is 0.355 e. The summed E-state index contributed by atoms with van der Waals surface area (Å²) in [7, 11) is 0. The van der Waals surface area contributed by atoms with E-state index in [-0.39, 0.29) is 11.9 Å². The van der Waals surface area contributed by atoms with Crippen LogP contribution in [0.15, 0.2) is 29.3 Å². The highest BCUT2D eigenvalue weighted by atomic mass is 35.5. The molecule has 0 aromatic carbocycles. The van der Waals surface area contributed by atoms with Crippen molar-refractivity contribution in [3.05, 3.63) is 45.7 Å². The molecule has 9 heteroatoms. The number of piperidine rings is 1. The fourth-order valence-electron chi connectivity index (χ4n) is 2.99. The van der Waals surface area contributed by atoms with Gasteiger partial charge in [0, 0.05) is 12.3 Å². The molecule has 0 aliphatic carbocycles. The predicted octanol–water partition coefficient (Wildman–Crippen LogP) is 1.33. The van der Waals surface area contributed by atoms with Crippen LogP contribution in [0.4, 0.5) is 5.82 Å². The Labute approximate surface area is 142 Å². The molecule has 3 N–H and O–H groups in total. The van der Waals surface area contributed by atoms with Crippen molar-refractivity contribution in [3.63, 3.8) is 0 Å². The van der Waals surface area contributed by atoms with E-state index in [1.807, 2.05) is 6.07 Å².